The zero-order chi connectivity index (χ0) is 22.2. The van der Waals surface area contributed by atoms with E-state index in [9.17, 15) is 0 Å². The van der Waals surface area contributed by atoms with E-state index in [-0.39, 0.29) is 17.1 Å². The molecule has 4 heteroatoms. The maximum absolute atomic E-state index is 7.00. The van der Waals surface area contributed by atoms with Crippen molar-refractivity contribution in [3.8, 4) is 5.75 Å². The van der Waals surface area contributed by atoms with Crippen molar-refractivity contribution >= 4 is 0 Å². The van der Waals surface area contributed by atoms with Crippen molar-refractivity contribution in [2.75, 3.05) is 20.8 Å². The number of aryl methyl sites for hydroxylation is 1. The second-order valence-electron chi connectivity index (χ2n) is 9.77. The van der Waals surface area contributed by atoms with E-state index < -0.39 is 0 Å². The Hall–Kier alpha value is -2.14. The molecule has 0 saturated heterocycles. The Bertz CT molecular complexity index is 1000. The van der Waals surface area contributed by atoms with Gasteiger partial charge in [-0.25, -0.2) is 0 Å². The van der Waals surface area contributed by atoms with Crippen molar-refractivity contribution in [3.05, 3.63) is 76.4 Å². The van der Waals surface area contributed by atoms with Crippen molar-refractivity contribution in [3.63, 3.8) is 0 Å². The summed E-state index contributed by atoms with van der Waals surface area (Å²) >= 11 is 0. The predicted octanol–water partition coefficient (Wildman–Crippen LogP) is 5.08. The van der Waals surface area contributed by atoms with Crippen LogP contribution in [0.15, 0.2) is 59.7 Å². The molecule has 1 fully saturated rings. The summed E-state index contributed by atoms with van der Waals surface area (Å²) in [5, 5.41) is 0. The number of allylic oxidation sites excluding steroid dienone is 1. The van der Waals surface area contributed by atoms with Crippen LogP contribution in [0.1, 0.15) is 55.2 Å². The van der Waals surface area contributed by atoms with Crippen LogP contribution in [0.4, 0.5) is 0 Å². The van der Waals surface area contributed by atoms with Crippen molar-refractivity contribution in [1.82, 2.24) is 0 Å². The van der Waals surface area contributed by atoms with Crippen LogP contribution in [0.5, 0.6) is 5.75 Å². The molecule has 0 radical (unpaired) electrons. The summed E-state index contributed by atoms with van der Waals surface area (Å²) in [6.07, 6.45) is 7.35. The monoisotopic (exact) mass is 433 g/mol. The first-order valence-electron chi connectivity index (χ1n) is 11.9. The van der Waals surface area contributed by atoms with Crippen molar-refractivity contribution in [2.24, 2.45) is 5.73 Å². The fourth-order valence-corrected chi connectivity index (χ4v) is 6.49. The van der Waals surface area contributed by atoms with Gasteiger partial charge in [0.1, 0.15) is 5.75 Å². The average molecular weight is 434 g/mol. The molecule has 1 unspecified atom stereocenters. The summed E-state index contributed by atoms with van der Waals surface area (Å²) in [4.78, 5) is 0. The minimum Gasteiger partial charge on any atom is -0.497 e. The molecule has 3 aliphatic rings. The lowest BCUT2D eigenvalue weighted by molar-refractivity contribution is 0.0957. The standard InChI is InChI=1S/C28H35NO3/c1-30-22-9-11-24-21(16-22)8-10-25-26-17-23(31-2)18-28(26,29)13-12-27(24,25)14-15-32-19-20-6-4-3-5-7-20/h3-7,9,11,16,23H,8,10,12-15,17-19,29H2,1-2H3/t23-,27?,28+/m0/s1. The molecule has 170 valence electrons. The topological polar surface area (TPSA) is 53.7 Å². The van der Waals surface area contributed by atoms with E-state index in [1.54, 1.807) is 12.7 Å². The summed E-state index contributed by atoms with van der Waals surface area (Å²) in [5.74, 6) is 0.944. The van der Waals surface area contributed by atoms with Gasteiger partial charge in [-0.15, -0.1) is 0 Å². The molecule has 0 heterocycles. The SMILES string of the molecule is COc1ccc2c(c1)CCC1=C3C[C@H](OC)C[C@]3(N)CCC12CCOCc1ccccc1. The highest BCUT2D eigenvalue weighted by atomic mass is 16.5. The maximum atomic E-state index is 7.00. The third-order valence-electron chi connectivity index (χ3n) is 8.15. The van der Waals surface area contributed by atoms with Gasteiger partial charge >= 0.3 is 0 Å². The molecule has 0 amide bonds. The number of benzene rings is 2. The largest absolute Gasteiger partial charge is 0.497 e. The lowest BCUT2D eigenvalue weighted by atomic mass is 9.56. The average Bonchev–Trinajstić information content (AvgIpc) is 3.19. The lowest BCUT2D eigenvalue weighted by Crippen LogP contribution is -2.49. The second-order valence-corrected chi connectivity index (χ2v) is 9.77. The molecule has 4 nitrogen and oxygen atoms in total. The predicted molar refractivity (Wildman–Crippen MR) is 127 cm³/mol. The van der Waals surface area contributed by atoms with E-state index in [2.05, 4.69) is 42.5 Å². The highest BCUT2D eigenvalue weighted by molar-refractivity contribution is 5.54. The molecule has 3 atom stereocenters. The summed E-state index contributed by atoms with van der Waals surface area (Å²) in [6.45, 7) is 1.40. The lowest BCUT2D eigenvalue weighted by Gasteiger charge is -2.49. The molecule has 2 N–H and O–H groups in total. The Morgan fingerprint density at radius 2 is 1.84 bits per heavy atom. The normalized spacial score (nSPS) is 28.8. The highest BCUT2D eigenvalue weighted by Gasteiger charge is 2.52. The van der Waals surface area contributed by atoms with Crippen LogP contribution in [0, 0.1) is 0 Å². The molecule has 2 aromatic carbocycles. The zero-order valence-electron chi connectivity index (χ0n) is 19.4. The fraction of sp³-hybridized carbons (Fsp3) is 0.500. The number of rotatable bonds is 7. The smallest absolute Gasteiger partial charge is 0.119 e. The molecule has 2 aromatic rings. The van der Waals surface area contributed by atoms with E-state index in [0.717, 1.165) is 57.3 Å². The van der Waals surface area contributed by atoms with Crippen LogP contribution in [-0.2, 0) is 27.9 Å². The van der Waals surface area contributed by atoms with Gasteiger partial charge in [-0.3, -0.25) is 0 Å². The van der Waals surface area contributed by atoms with Crippen LogP contribution in [0.3, 0.4) is 0 Å². The Morgan fingerprint density at radius 1 is 1.00 bits per heavy atom. The summed E-state index contributed by atoms with van der Waals surface area (Å²) in [6, 6.07) is 17.1. The van der Waals surface area contributed by atoms with Gasteiger partial charge in [-0.2, -0.15) is 0 Å². The van der Waals surface area contributed by atoms with Crippen LogP contribution < -0.4 is 10.5 Å². The van der Waals surface area contributed by atoms with Gasteiger partial charge in [0, 0.05) is 24.7 Å². The number of ether oxygens (including phenoxy) is 3. The van der Waals surface area contributed by atoms with Crippen LogP contribution in [0.2, 0.25) is 0 Å². The molecule has 3 aliphatic carbocycles. The number of nitrogens with two attached hydrogens (primary N) is 1. The molecule has 0 aromatic heterocycles. The quantitative estimate of drug-likeness (QED) is 0.489. The van der Waals surface area contributed by atoms with Gasteiger partial charge in [-0.1, -0.05) is 42.0 Å². The van der Waals surface area contributed by atoms with Gasteiger partial charge in [0.05, 0.1) is 19.8 Å². The molecule has 1 saturated carbocycles. The number of hydrogen-bond acceptors (Lipinski definition) is 4. The molecule has 32 heavy (non-hydrogen) atoms. The van der Waals surface area contributed by atoms with Gasteiger partial charge in [0.15, 0.2) is 0 Å². The Kier molecular flexibility index (Phi) is 5.87. The van der Waals surface area contributed by atoms with E-state index >= 15 is 0 Å². The van der Waals surface area contributed by atoms with E-state index in [4.69, 9.17) is 19.9 Å². The van der Waals surface area contributed by atoms with Crippen molar-refractivity contribution in [2.45, 2.75) is 68.6 Å². The first kappa shape index (κ1) is 21.7. The minimum atomic E-state index is -0.200. The Morgan fingerprint density at radius 3 is 2.62 bits per heavy atom. The highest BCUT2D eigenvalue weighted by Crippen LogP contribution is 2.57. The maximum Gasteiger partial charge on any atom is 0.119 e. The zero-order valence-corrected chi connectivity index (χ0v) is 19.4. The molecular weight excluding hydrogens is 398 g/mol. The van der Waals surface area contributed by atoms with E-state index in [1.165, 1.54) is 22.3 Å². The van der Waals surface area contributed by atoms with E-state index in [0.29, 0.717) is 6.61 Å². The van der Waals surface area contributed by atoms with Gasteiger partial charge in [-0.05, 0) is 79.3 Å². The summed E-state index contributed by atoms with van der Waals surface area (Å²) in [7, 11) is 3.57. The number of methoxy groups -OCH3 is 2. The molecule has 0 bridgehead atoms. The number of hydrogen-bond donors (Lipinski definition) is 1. The molecule has 0 spiro atoms. The van der Waals surface area contributed by atoms with Gasteiger partial charge < -0.3 is 19.9 Å². The minimum absolute atomic E-state index is 0.0113. The fourth-order valence-electron chi connectivity index (χ4n) is 6.49. The summed E-state index contributed by atoms with van der Waals surface area (Å²) in [5.41, 5.74) is 14.0. The summed E-state index contributed by atoms with van der Waals surface area (Å²) < 4.78 is 17.5. The number of fused-ring (bicyclic) bond motifs is 4. The van der Waals surface area contributed by atoms with Crippen LogP contribution in [-0.4, -0.2) is 32.5 Å². The van der Waals surface area contributed by atoms with Crippen molar-refractivity contribution < 1.29 is 14.2 Å². The Labute approximate surface area is 191 Å². The first-order chi connectivity index (χ1) is 15.6. The van der Waals surface area contributed by atoms with Crippen LogP contribution in [0.25, 0.3) is 0 Å². The first-order valence-corrected chi connectivity index (χ1v) is 11.9. The van der Waals surface area contributed by atoms with Gasteiger partial charge in [0.25, 0.3) is 0 Å². The van der Waals surface area contributed by atoms with Gasteiger partial charge in [0.2, 0.25) is 0 Å². The Balaban J connectivity index is 1.48. The van der Waals surface area contributed by atoms with Crippen LogP contribution >= 0.6 is 0 Å². The second kappa shape index (κ2) is 8.66. The molecular formula is C28H35NO3. The van der Waals surface area contributed by atoms with Crippen molar-refractivity contribution in [1.29, 1.82) is 0 Å². The molecule has 5 rings (SSSR count). The molecule has 0 aliphatic heterocycles. The van der Waals surface area contributed by atoms with E-state index in [1.807, 2.05) is 13.2 Å². The third-order valence-corrected chi connectivity index (χ3v) is 8.15. The third kappa shape index (κ3) is 3.68.